The first-order chi connectivity index (χ1) is 10.3. The van der Waals surface area contributed by atoms with Gasteiger partial charge in [0.05, 0.1) is 17.3 Å². The van der Waals surface area contributed by atoms with Gasteiger partial charge in [-0.05, 0) is 23.6 Å². The fraction of sp³-hybridized carbons (Fsp3) is 0.0667. The topological polar surface area (TPSA) is 42.0 Å². The van der Waals surface area contributed by atoms with Gasteiger partial charge < -0.3 is 5.32 Å². The van der Waals surface area contributed by atoms with Crippen LogP contribution in [0.25, 0.3) is 10.6 Å². The quantitative estimate of drug-likeness (QED) is 0.692. The van der Waals surface area contributed by atoms with Crippen LogP contribution in [0.3, 0.4) is 0 Å². The standard InChI is InChI=1S/C15H11ClN2OS2/c16-7-13-9-21-15(18-13)11-3-1-10(2-4-11)14(19)17-12-5-6-20-8-12/h1-6,8-9H,7H2,(H,17,19). The maximum Gasteiger partial charge on any atom is 0.255 e. The van der Waals surface area contributed by atoms with Crippen molar-refractivity contribution in [3.63, 3.8) is 0 Å². The highest BCUT2D eigenvalue weighted by Gasteiger charge is 2.08. The molecule has 2 aromatic heterocycles. The third kappa shape index (κ3) is 3.32. The highest BCUT2D eigenvalue weighted by molar-refractivity contribution is 7.13. The summed E-state index contributed by atoms with van der Waals surface area (Å²) >= 11 is 8.85. The van der Waals surface area contributed by atoms with Gasteiger partial charge in [0.2, 0.25) is 0 Å². The number of benzene rings is 1. The van der Waals surface area contributed by atoms with Crippen LogP contribution in [0.5, 0.6) is 0 Å². The fourth-order valence-corrected chi connectivity index (χ4v) is 3.45. The number of amides is 1. The first-order valence-electron chi connectivity index (χ1n) is 6.20. The Morgan fingerprint density at radius 1 is 1.19 bits per heavy atom. The zero-order chi connectivity index (χ0) is 14.7. The third-order valence-electron chi connectivity index (χ3n) is 2.86. The van der Waals surface area contributed by atoms with Gasteiger partial charge in [0.25, 0.3) is 5.91 Å². The van der Waals surface area contributed by atoms with Crippen LogP contribution in [-0.4, -0.2) is 10.9 Å². The molecule has 1 aromatic carbocycles. The molecule has 1 N–H and O–H groups in total. The van der Waals surface area contributed by atoms with Crippen LogP contribution in [0.15, 0.2) is 46.5 Å². The SMILES string of the molecule is O=C(Nc1ccsc1)c1ccc(-c2nc(CCl)cs2)cc1. The first kappa shape index (κ1) is 14.3. The van der Waals surface area contributed by atoms with Crippen molar-refractivity contribution in [2.45, 2.75) is 5.88 Å². The smallest absolute Gasteiger partial charge is 0.255 e. The number of thiophene rings is 1. The normalized spacial score (nSPS) is 10.5. The van der Waals surface area contributed by atoms with Gasteiger partial charge >= 0.3 is 0 Å². The molecule has 0 radical (unpaired) electrons. The molecule has 0 aliphatic heterocycles. The average molecular weight is 335 g/mol. The molecule has 0 saturated heterocycles. The molecule has 3 rings (SSSR count). The summed E-state index contributed by atoms with van der Waals surface area (Å²) in [6.45, 7) is 0. The minimum atomic E-state index is -0.111. The summed E-state index contributed by atoms with van der Waals surface area (Å²) in [6.07, 6.45) is 0. The fourth-order valence-electron chi connectivity index (χ4n) is 1.80. The van der Waals surface area contributed by atoms with Gasteiger partial charge in [0.15, 0.2) is 0 Å². The van der Waals surface area contributed by atoms with Crippen LogP contribution in [0.2, 0.25) is 0 Å². The van der Waals surface area contributed by atoms with Crippen LogP contribution >= 0.6 is 34.3 Å². The maximum atomic E-state index is 12.1. The molecular weight excluding hydrogens is 324 g/mol. The van der Waals surface area contributed by atoms with Crippen molar-refractivity contribution in [2.24, 2.45) is 0 Å². The lowest BCUT2D eigenvalue weighted by Crippen LogP contribution is -2.10. The summed E-state index contributed by atoms with van der Waals surface area (Å²) in [6, 6.07) is 9.29. The number of carbonyl (C=O) groups is 1. The van der Waals surface area contributed by atoms with Crippen LogP contribution in [0.4, 0.5) is 5.69 Å². The Balaban J connectivity index is 1.75. The number of alkyl halides is 1. The Hall–Kier alpha value is -1.69. The Morgan fingerprint density at radius 3 is 2.62 bits per heavy atom. The van der Waals surface area contributed by atoms with E-state index in [1.54, 1.807) is 34.8 Å². The van der Waals surface area contributed by atoms with Gasteiger partial charge in [-0.25, -0.2) is 4.98 Å². The molecule has 0 fully saturated rings. The van der Waals surface area contributed by atoms with Crippen molar-refractivity contribution in [3.8, 4) is 10.6 Å². The van der Waals surface area contributed by atoms with Crippen LogP contribution in [0.1, 0.15) is 16.1 Å². The van der Waals surface area contributed by atoms with E-state index in [2.05, 4.69) is 10.3 Å². The van der Waals surface area contributed by atoms with Crippen LogP contribution < -0.4 is 5.32 Å². The number of aromatic nitrogens is 1. The van der Waals surface area contributed by atoms with E-state index >= 15 is 0 Å². The van der Waals surface area contributed by atoms with Gasteiger partial charge in [-0.15, -0.1) is 22.9 Å². The third-order valence-corrected chi connectivity index (χ3v) is 4.76. The maximum absolute atomic E-state index is 12.1. The molecule has 6 heteroatoms. The minimum absolute atomic E-state index is 0.111. The molecule has 3 nitrogen and oxygen atoms in total. The number of anilines is 1. The summed E-state index contributed by atoms with van der Waals surface area (Å²) in [4.78, 5) is 16.5. The second-order valence-electron chi connectivity index (χ2n) is 4.32. The minimum Gasteiger partial charge on any atom is -0.321 e. The van der Waals surface area contributed by atoms with Crippen molar-refractivity contribution < 1.29 is 4.79 Å². The van der Waals surface area contributed by atoms with E-state index in [9.17, 15) is 4.79 Å². The monoisotopic (exact) mass is 334 g/mol. The van der Waals surface area contributed by atoms with Gasteiger partial charge in [0, 0.05) is 21.9 Å². The van der Waals surface area contributed by atoms with Crippen molar-refractivity contribution in [2.75, 3.05) is 5.32 Å². The lowest BCUT2D eigenvalue weighted by Gasteiger charge is -2.03. The highest BCUT2D eigenvalue weighted by Crippen LogP contribution is 2.25. The molecule has 0 aliphatic carbocycles. The summed E-state index contributed by atoms with van der Waals surface area (Å²) < 4.78 is 0. The number of rotatable bonds is 4. The molecule has 0 atom stereocenters. The Kier molecular flexibility index (Phi) is 4.34. The predicted molar refractivity (Wildman–Crippen MR) is 89.4 cm³/mol. The van der Waals surface area contributed by atoms with E-state index in [4.69, 9.17) is 11.6 Å². The number of nitrogens with one attached hydrogen (secondary N) is 1. The average Bonchev–Trinajstić information content (AvgIpc) is 3.18. The van der Waals surface area contributed by atoms with Gasteiger partial charge in [-0.1, -0.05) is 12.1 Å². The lowest BCUT2D eigenvalue weighted by molar-refractivity contribution is 0.102. The highest BCUT2D eigenvalue weighted by atomic mass is 35.5. The number of halogens is 1. The number of thiazole rings is 1. The van der Waals surface area contributed by atoms with E-state index in [-0.39, 0.29) is 5.91 Å². The zero-order valence-corrected chi connectivity index (χ0v) is 13.3. The molecule has 0 aliphatic rings. The van der Waals surface area contributed by atoms with Crippen LogP contribution in [-0.2, 0) is 5.88 Å². The molecule has 106 valence electrons. The van der Waals surface area contributed by atoms with Crippen molar-refractivity contribution >= 4 is 45.9 Å². The number of carbonyl (C=O) groups excluding carboxylic acids is 1. The zero-order valence-electron chi connectivity index (χ0n) is 10.9. The summed E-state index contributed by atoms with van der Waals surface area (Å²) in [5.41, 5.74) is 3.30. The summed E-state index contributed by atoms with van der Waals surface area (Å²) in [5, 5.41) is 9.53. The number of hydrogen-bond acceptors (Lipinski definition) is 4. The second kappa shape index (κ2) is 6.39. The number of nitrogens with zero attached hydrogens (tertiary/aromatic N) is 1. The second-order valence-corrected chi connectivity index (χ2v) is 6.23. The first-order valence-corrected chi connectivity index (χ1v) is 8.56. The van der Waals surface area contributed by atoms with E-state index in [1.807, 2.05) is 34.3 Å². The molecule has 0 unspecified atom stereocenters. The van der Waals surface area contributed by atoms with Crippen molar-refractivity contribution in [3.05, 3.63) is 57.7 Å². The molecule has 21 heavy (non-hydrogen) atoms. The molecule has 0 bridgehead atoms. The van der Waals surface area contributed by atoms with E-state index in [0.717, 1.165) is 22.0 Å². The largest absolute Gasteiger partial charge is 0.321 e. The predicted octanol–water partition coefficient (Wildman–Crippen LogP) is 4.86. The van der Waals surface area contributed by atoms with Gasteiger partial charge in [-0.2, -0.15) is 11.3 Å². The van der Waals surface area contributed by atoms with Gasteiger partial charge in [-0.3, -0.25) is 4.79 Å². The van der Waals surface area contributed by atoms with E-state index in [0.29, 0.717) is 11.4 Å². The molecule has 3 aromatic rings. The van der Waals surface area contributed by atoms with E-state index in [1.165, 1.54) is 0 Å². The van der Waals surface area contributed by atoms with E-state index < -0.39 is 0 Å². The van der Waals surface area contributed by atoms with Crippen molar-refractivity contribution in [1.29, 1.82) is 0 Å². The van der Waals surface area contributed by atoms with Crippen LogP contribution in [0, 0.1) is 0 Å². The molecule has 1 amide bonds. The Labute approximate surface area is 135 Å². The molecule has 2 heterocycles. The lowest BCUT2D eigenvalue weighted by atomic mass is 10.1. The Bertz CT molecular complexity index is 735. The molecule has 0 saturated carbocycles. The molecular formula is C15H11ClN2OS2. The van der Waals surface area contributed by atoms with Crippen molar-refractivity contribution in [1.82, 2.24) is 4.98 Å². The number of hydrogen-bond donors (Lipinski definition) is 1. The summed E-state index contributed by atoms with van der Waals surface area (Å²) in [7, 11) is 0. The Morgan fingerprint density at radius 2 is 2.00 bits per heavy atom. The molecule has 0 spiro atoms. The summed E-state index contributed by atoms with van der Waals surface area (Å²) in [5.74, 6) is 0.304. The van der Waals surface area contributed by atoms with Gasteiger partial charge in [0.1, 0.15) is 5.01 Å².